The normalized spacial score (nSPS) is 21.4. The Kier molecular flexibility index (Phi) is 3.01. The Labute approximate surface area is 96.4 Å². The van der Waals surface area contributed by atoms with E-state index >= 15 is 0 Å². The number of sulfone groups is 1. The summed E-state index contributed by atoms with van der Waals surface area (Å²) in [7, 11) is -2.81. The van der Waals surface area contributed by atoms with Crippen LogP contribution in [0.25, 0.3) is 0 Å². The van der Waals surface area contributed by atoms with Crippen molar-refractivity contribution in [2.75, 3.05) is 11.5 Å². The molecule has 1 saturated heterocycles. The predicted molar refractivity (Wildman–Crippen MR) is 58.2 cm³/mol. The van der Waals surface area contributed by atoms with E-state index in [-0.39, 0.29) is 17.4 Å². The number of halogens is 1. The Balaban J connectivity index is 2.14. The Bertz CT molecular complexity index is 449. The quantitative estimate of drug-likeness (QED) is 0.769. The summed E-state index contributed by atoms with van der Waals surface area (Å²) in [6.07, 6.45) is 2.87. The van der Waals surface area contributed by atoms with Gasteiger partial charge in [-0.25, -0.2) is 13.4 Å². The lowest BCUT2D eigenvalue weighted by atomic mass is 10.00. The van der Waals surface area contributed by atoms with Crippen molar-refractivity contribution >= 4 is 25.8 Å². The second-order valence-corrected chi connectivity index (χ2v) is 6.59. The second-order valence-electron chi connectivity index (χ2n) is 3.58. The first-order valence-corrected chi connectivity index (χ1v) is 7.24. The molecule has 2 rings (SSSR count). The monoisotopic (exact) mass is 291 g/mol. The minimum atomic E-state index is -2.81. The van der Waals surface area contributed by atoms with Crippen LogP contribution >= 0.6 is 15.9 Å². The zero-order chi connectivity index (χ0) is 10.9. The lowest BCUT2D eigenvalue weighted by Gasteiger charge is -2.20. The van der Waals surface area contributed by atoms with Crippen molar-refractivity contribution < 1.29 is 8.42 Å². The fourth-order valence-electron chi connectivity index (χ4n) is 1.68. The number of nitrogens with zero attached hydrogens (tertiary/aromatic N) is 3. The highest BCUT2D eigenvalue weighted by molar-refractivity contribution is 9.10. The van der Waals surface area contributed by atoms with Crippen LogP contribution in [0.15, 0.2) is 10.9 Å². The third-order valence-electron chi connectivity index (χ3n) is 2.52. The number of rotatable bonds is 1. The standard InChI is InChI=1S/C8H10BrN3O2S/c9-8-11-7(5-10-12-8)6-1-3-15(13,14)4-2-6/h5-6H,1-4H2. The Morgan fingerprint density at radius 2 is 2.00 bits per heavy atom. The summed E-state index contributed by atoms with van der Waals surface area (Å²) in [6.45, 7) is 0. The molecule has 0 amide bonds. The molecule has 5 nitrogen and oxygen atoms in total. The van der Waals surface area contributed by atoms with Crippen LogP contribution in [0, 0.1) is 0 Å². The maximum atomic E-state index is 11.2. The molecule has 0 N–H and O–H groups in total. The average Bonchev–Trinajstić information content (AvgIpc) is 2.17. The minimum absolute atomic E-state index is 0.195. The Morgan fingerprint density at radius 1 is 1.33 bits per heavy atom. The van der Waals surface area contributed by atoms with Crippen molar-refractivity contribution in [3.8, 4) is 0 Å². The summed E-state index contributed by atoms with van der Waals surface area (Å²) < 4.78 is 22.9. The van der Waals surface area contributed by atoms with Gasteiger partial charge in [0.05, 0.1) is 23.4 Å². The van der Waals surface area contributed by atoms with Crippen molar-refractivity contribution in [3.05, 3.63) is 16.6 Å². The molecular formula is C8H10BrN3O2S. The van der Waals surface area contributed by atoms with Gasteiger partial charge >= 0.3 is 0 Å². The topological polar surface area (TPSA) is 72.8 Å². The van der Waals surface area contributed by atoms with E-state index in [0.717, 1.165) is 5.69 Å². The van der Waals surface area contributed by atoms with E-state index in [9.17, 15) is 8.42 Å². The molecule has 1 aliphatic heterocycles. The summed E-state index contributed by atoms with van der Waals surface area (Å²) in [4.78, 5) is 4.19. The van der Waals surface area contributed by atoms with Crippen molar-refractivity contribution in [3.63, 3.8) is 0 Å². The molecule has 0 bridgehead atoms. The van der Waals surface area contributed by atoms with E-state index in [4.69, 9.17) is 0 Å². The van der Waals surface area contributed by atoms with Crippen LogP contribution in [0.1, 0.15) is 24.5 Å². The van der Waals surface area contributed by atoms with Gasteiger partial charge in [0.15, 0.2) is 0 Å². The molecule has 1 aliphatic rings. The lowest BCUT2D eigenvalue weighted by Crippen LogP contribution is -2.22. The van der Waals surface area contributed by atoms with Gasteiger partial charge in [-0.05, 0) is 28.8 Å². The molecular weight excluding hydrogens is 282 g/mol. The van der Waals surface area contributed by atoms with Crippen molar-refractivity contribution in [1.29, 1.82) is 0 Å². The maximum Gasteiger partial charge on any atom is 0.218 e. The van der Waals surface area contributed by atoms with Gasteiger partial charge in [0.25, 0.3) is 0 Å². The summed E-state index contributed by atoms with van der Waals surface area (Å²) in [6, 6.07) is 0. The van der Waals surface area contributed by atoms with Gasteiger partial charge in [-0.15, -0.1) is 5.10 Å². The molecule has 0 unspecified atom stereocenters. The van der Waals surface area contributed by atoms with Crippen LogP contribution in [-0.2, 0) is 9.84 Å². The Morgan fingerprint density at radius 3 is 2.60 bits per heavy atom. The molecule has 2 heterocycles. The van der Waals surface area contributed by atoms with E-state index < -0.39 is 9.84 Å². The summed E-state index contributed by atoms with van der Waals surface area (Å²) in [5, 5.41) is 7.49. The van der Waals surface area contributed by atoms with E-state index in [1.54, 1.807) is 6.20 Å². The summed E-state index contributed by atoms with van der Waals surface area (Å²) in [5.74, 6) is 0.693. The highest BCUT2D eigenvalue weighted by Crippen LogP contribution is 2.27. The van der Waals surface area contributed by atoms with Crippen LogP contribution in [0.4, 0.5) is 0 Å². The predicted octanol–water partition coefficient (Wildman–Crippen LogP) is 0.926. The molecule has 82 valence electrons. The number of aromatic nitrogens is 3. The first-order valence-electron chi connectivity index (χ1n) is 4.62. The van der Waals surface area contributed by atoms with Crippen molar-refractivity contribution in [2.45, 2.75) is 18.8 Å². The summed E-state index contributed by atoms with van der Waals surface area (Å²) in [5.41, 5.74) is 0.826. The number of hydrogen-bond acceptors (Lipinski definition) is 5. The second kappa shape index (κ2) is 4.13. The van der Waals surface area contributed by atoms with E-state index in [2.05, 4.69) is 31.1 Å². The number of hydrogen-bond donors (Lipinski definition) is 0. The first kappa shape index (κ1) is 10.9. The molecule has 1 fully saturated rings. The van der Waals surface area contributed by atoms with Gasteiger partial charge in [-0.2, -0.15) is 5.10 Å². The van der Waals surface area contributed by atoms with Crippen LogP contribution in [0.3, 0.4) is 0 Å². The average molecular weight is 292 g/mol. The van der Waals surface area contributed by atoms with Gasteiger partial charge in [0.1, 0.15) is 9.84 Å². The molecule has 0 aromatic carbocycles. The SMILES string of the molecule is O=S1(=O)CCC(c2cnnc(Br)n2)CC1. The zero-order valence-corrected chi connectivity index (χ0v) is 10.3. The van der Waals surface area contributed by atoms with Gasteiger partial charge in [0, 0.05) is 5.92 Å². The minimum Gasteiger partial charge on any atom is -0.229 e. The fraction of sp³-hybridized carbons (Fsp3) is 0.625. The third kappa shape index (κ3) is 2.72. The molecule has 0 aliphatic carbocycles. The van der Waals surface area contributed by atoms with Crippen molar-refractivity contribution in [1.82, 2.24) is 15.2 Å². The van der Waals surface area contributed by atoms with Gasteiger partial charge in [-0.3, -0.25) is 0 Å². The molecule has 1 aromatic heterocycles. The first-order chi connectivity index (χ1) is 7.07. The smallest absolute Gasteiger partial charge is 0.218 e. The van der Waals surface area contributed by atoms with Crippen LogP contribution < -0.4 is 0 Å². The van der Waals surface area contributed by atoms with Crippen LogP contribution in [0.2, 0.25) is 0 Å². The molecule has 7 heteroatoms. The van der Waals surface area contributed by atoms with E-state index in [0.29, 0.717) is 17.6 Å². The van der Waals surface area contributed by atoms with Gasteiger partial charge in [-0.1, -0.05) is 0 Å². The van der Waals surface area contributed by atoms with E-state index in [1.807, 2.05) is 0 Å². The van der Waals surface area contributed by atoms with Gasteiger partial charge in [0.2, 0.25) is 4.73 Å². The third-order valence-corrected chi connectivity index (χ3v) is 4.58. The largest absolute Gasteiger partial charge is 0.229 e. The van der Waals surface area contributed by atoms with Crippen LogP contribution in [-0.4, -0.2) is 35.1 Å². The van der Waals surface area contributed by atoms with Gasteiger partial charge < -0.3 is 0 Å². The van der Waals surface area contributed by atoms with Crippen molar-refractivity contribution in [2.24, 2.45) is 0 Å². The molecule has 0 saturated carbocycles. The molecule has 15 heavy (non-hydrogen) atoms. The molecule has 0 atom stereocenters. The highest BCUT2D eigenvalue weighted by atomic mass is 79.9. The molecule has 0 spiro atoms. The summed E-state index contributed by atoms with van der Waals surface area (Å²) >= 11 is 3.15. The lowest BCUT2D eigenvalue weighted by molar-refractivity contribution is 0.541. The highest BCUT2D eigenvalue weighted by Gasteiger charge is 2.25. The molecule has 1 aromatic rings. The fourth-order valence-corrected chi connectivity index (χ4v) is 3.46. The zero-order valence-electron chi connectivity index (χ0n) is 7.93. The Hall–Kier alpha value is -0.560. The van der Waals surface area contributed by atoms with Crippen LogP contribution in [0.5, 0.6) is 0 Å². The maximum absolute atomic E-state index is 11.2. The van der Waals surface area contributed by atoms with E-state index in [1.165, 1.54) is 0 Å². The molecule has 0 radical (unpaired) electrons.